The van der Waals surface area contributed by atoms with E-state index in [-0.39, 0.29) is 24.7 Å². The van der Waals surface area contributed by atoms with Crippen LogP contribution in [0.15, 0.2) is 24.3 Å². The van der Waals surface area contributed by atoms with Gasteiger partial charge < -0.3 is 9.84 Å². The van der Waals surface area contributed by atoms with Crippen molar-refractivity contribution >= 4 is 28.6 Å². The monoisotopic (exact) mass is 316 g/mol. The molecule has 0 atom stereocenters. The summed E-state index contributed by atoms with van der Waals surface area (Å²) in [6, 6.07) is 6.43. The number of esters is 1. The molecule has 0 radical (unpaired) electrons. The maximum Gasteiger partial charge on any atom is 0.311 e. The lowest BCUT2D eigenvalue weighted by Crippen LogP contribution is -2.07. The van der Waals surface area contributed by atoms with E-state index in [9.17, 15) is 4.79 Å². The smallest absolute Gasteiger partial charge is 0.311 e. The molecule has 0 heterocycles. The average Bonchev–Trinajstić information content (AvgIpc) is 2.22. The molecular weight excluding hydrogens is 307 g/mol. The Morgan fingerprint density at radius 1 is 1.40 bits per heavy atom. The van der Waals surface area contributed by atoms with E-state index in [0.29, 0.717) is 0 Å². The lowest BCUT2D eigenvalue weighted by molar-refractivity contribution is -0.141. The van der Waals surface area contributed by atoms with Gasteiger partial charge in [0.2, 0.25) is 0 Å². The number of hydrogen-bond donors (Lipinski definition) is 1. The minimum absolute atomic E-state index is 0.125. The molecule has 0 aromatic heterocycles. The first-order valence-electron chi connectivity index (χ1n) is 4.24. The van der Waals surface area contributed by atoms with Crippen molar-refractivity contribution in [1.29, 1.82) is 0 Å². The Morgan fingerprint density at radius 2 is 2.07 bits per heavy atom. The third kappa shape index (κ3) is 4.70. The molecule has 0 aliphatic carbocycles. The highest BCUT2D eigenvalue weighted by Gasteiger charge is 2.03. The van der Waals surface area contributed by atoms with Crippen molar-refractivity contribution in [1.82, 2.24) is 0 Å². The molecule has 1 rings (SSSR count). The Hall–Kier alpha value is -1.22. The largest absolute Gasteiger partial charge is 0.508 e. The topological polar surface area (TPSA) is 46.5 Å². The lowest BCUT2D eigenvalue weighted by atomic mass is 10.1. The summed E-state index contributed by atoms with van der Waals surface area (Å²) >= 11 is 1.88. The summed E-state index contributed by atoms with van der Waals surface area (Å²) in [4.78, 5) is 11.2. The van der Waals surface area contributed by atoms with E-state index in [2.05, 4.69) is 9.85 Å². The second kappa shape index (κ2) is 6.30. The number of ether oxygens (including phenoxy) is 1. The van der Waals surface area contributed by atoms with Crippen LogP contribution in [0.5, 0.6) is 5.75 Å². The van der Waals surface area contributed by atoms with Gasteiger partial charge in [-0.05, 0) is 21.6 Å². The molecule has 1 aromatic rings. The molecular formula is C11H9IO3. The van der Waals surface area contributed by atoms with E-state index in [1.807, 2.05) is 22.6 Å². The molecule has 3 nitrogen and oxygen atoms in total. The summed E-state index contributed by atoms with van der Waals surface area (Å²) in [5, 5.41) is 9.03. The summed E-state index contributed by atoms with van der Waals surface area (Å²) in [5.74, 6) is 2.49. The van der Waals surface area contributed by atoms with E-state index in [1.165, 1.54) is 12.1 Å². The van der Waals surface area contributed by atoms with Crippen LogP contribution in [0, 0.1) is 9.85 Å². The lowest BCUT2D eigenvalue weighted by Gasteiger charge is -2.01. The highest BCUT2D eigenvalue weighted by Crippen LogP contribution is 2.10. The van der Waals surface area contributed by atoms with Crippen molar-refractivity contribution < 1.29 is 14.6 Å². The number of carbonyl (C=O) groups excluding carboxylic acids is 1. The molecule has 15 heavy (non-hydrogen) atoms. The van der Waals surface area contributed by atoms with E-state index >= 15 is 0 Å². The van der Waals surface area contributed by atoms with Crippen LogP contribution in [0.4, 0.5) is 0 Å². The van der Waals surface area contributed by atoms with Gasteiger partial charge in [0.25, 0.3) is 0 Å². The van der Waals surface area contributed by atoms with Gasteiger partial charge in [0.15, 0.2) is 6.61 Å². The highest BCUT2D eigenvalue weighted by molar-refractivity contribution is 14.1. The maximum absolute atomic E-state index is 11.2. The molecule has 1 N–H and O–H groups in total. The Kier molecular flexibility index (Phi) is 4.98. The summed E-state index contributed by atoms with van der Waals surface area (Å²) in [7, 11) is 0. The number of phenols is 1. The zero-order valence-electron chi connectivity index (χ0n) is 7.87. The minimum atomic E-state index is -0.320. The molecule has 0 saturated heterocycles. The maximum atomic E-state index is 11.2. The Bertz CT molecular complexity index is 387. The molecule has 0 bridgehead atoms. The van der Waals surface area contributed by atoms with Crippen molar-refractivity contribution in [3.8, 4) is 15.6 Å². The molecule has 0 saturated carbocycles. The number of carbonyl (C=O) groups is 1. The van der Waals surface area contributed by atoms with E-state index in [4.69, 9.17) is 9.84 Å². The SMILES string of the molecule is O=C(Cc1ccc(O)cc1)OCC#CI. The van der Waals surface area contributed by atoms with Crippen molar-refractivity contribution in [2.75, 3.05) is 6.61 Å². The number of benzene rings is 1. The van der Waals surface area contributed by atoms with Gasteiger partial charge >= 0.3 is 5.97 Å². The number of rotatable bonds is 3. The molecule has 78 valence electrons. The van der Waals surface area contributed by atoms with E-state index in [1.54, 1.807) is 12.1 Å². The zero-order chi connectivity index (χ0) is 11.1. The minimum Gasteiger partial charge on any atom is -0.508 e. The van der Waals surface area contributed by atoms with Crippen LogP contribution in [-0.4, -0.2) is 17.7 Å². The van der Waals surface area contributed by atoms with Crippen molar-refractivity contribution in [3.05, 3.63) is 29.8 Å². The van der Waals surface area contributed by atoms with Gasteiger partial charge in [0.05, 0.1) is 6.42 Å². The van der Waals surface area contributed by atoms with E-state index in [0.717, 1.165) is 5.56 Å². The molecule has 0 spiro atoms. The second-order valence-electron chi connectivity index (χ2n) is 2.78. The normalized spacial score (nSPS) is 8.87. The molecule has 4 heteroatoms. The van der Waals surface area contributed by atoms with Gasteiger partial charge in [-0.25, -0.2) is 0 Å². The number of halogens is 1. The molecule has 1 aromatic carbocycles. The standard InChI is InChI=1S/C11H9IO3/c12-6-1-7-15-11(14)8-9-2-4-10(13)5-3-9/h2-5,13H,7-8H2. The summed E-state index contributed by atoms with van der Waals surface area (Å²) < 4.78 is 7.44. The third-order valence-corrected chi connectivity index (χ3v) is 2.04. The van der Waals surface area contributed by atoms with Gasteiger partial charge in [0, 0.05) is 22.6 Å². The van der Waals surface area contributed by atoms with Crippen molar-refractivity contribution in [2.45, 2.75) is 6.42 Å². The Labute approximate surface area is 102 Å². The third-order valence-electron chi connectivity index (χ3n) is 1.66. The van der Waals surface area contributed by atoms with Gasteiger partial charge in [-0.15, -0.1) is 0 Å². The summed E-state index contributed by atoms with van der Waals surface area (Å²) in [5.41, 5.74) is 0.806. The van der Waals surface area contributed by atoms with Gasteiger partial charge in [0.1, 0.15) is 5.75 Å². The number of hydrogen-bond acceptors (Lipinski definition) is 3. The molecule has 0 aliphatic rings. The number of aromatic hydroxyl groups is 1. The predicted molar refractivity (Wildman–Crippen MR) is 64.6 cm³/mol. The fourth-order valence-corrected chi connectivity index (χ4v) is 1.13. The van der Waals surface area contributed by atoms with Crippen molar-refractivity contribution in [3.63, 3.8) is 0 Å². The number of phenolic OH excluding ortho intramolecular Hbond substituents is 1. The van der Waals surface area contributed by atoms with Crippen LogP contribution < -0.4 is 0 Å². The quantitative estimate of drug-likeness (QED) is 0.526. The fraction of sp³-hybridized carbons (Fsp3) is 0.182. The van der Waals surface area contributed by atoms with Crippen LogP contribution in [0.3, 0.4) is 0 Å². The van der Waals surface area contributed by atoms with Crippen molar-refractivity contribution in [2.24, 2.45) is 0 Å². The van der Waals surface area contributed by atoms with Crippen LogP contribution in [-0.2, 0) is 16.0 Å². The first kappa shape index (κ1) is 11.9. The summed E-state index contributed by atoms with van der Waals surface area (Å²) in [6.07, 6.45) is 0.198. The Balaban J connectivity index is 2.43. The molecule has 0 aliphatic heterocycles. The predicted octanol–water partition coefficient (Wildman–Crippen LogP) is 1.87. The van der Waals surface area contributed by atoms with Gasteiger partial charge in [-0.3, -0.25) is 4.79 Å². The Morgan fingerprint density at radius 3 is 2.67 bits per heavy atom. The van der Waals surface area contributed by atoms with Crippen LogP contribution in [0.1, 0.15) is 5.56 Å². The first-order valence-corrected chi connectivity index (χ1v) is 5.32. The van der Waals surface area contributed by atoms with E-state index < -0.39 is 0 Å². The summed E-state index contributed by atoms with van der Waals surface area (Å²) in [6.45, 7) is 0.125. The zero-order valence-corrected chi connectivity index (χ0v) is 10.0. The average molecular weight is 316 g/mol. The molecule has 0 unspecified atom stereocenters. The van der Waals surface area contributed by atoms with Gasteiger partial charge in [-0.1, -0.05) is 18.1 Å². The van der Waals surface area contributed by atoms with Gasteiger partial charge in [-0.2, -0.15) is 0 Å². The van der Waals surface area contributed by atoms with Crippen LogP contribution in [0.2, 0.25) is 0 Å². The fourth-order valence-electron chi connectivity index (χ4n) is 0.975. The molecule has 0 fully saturated rings. The second-order valence-corrected chi connectivity index (χ2v) is 3.31. The molecule has 0 amide bonds. The highest BCUT2D eigenvalue weighted by atomic mass is 127. The van der Waals surface area contributed by atoms with Crippen LogP contribution in [0.25, 0.3) is 0 Å². The first-order chi connectivity index (χ1) is 7.22. The van der Waals surface area contributed by atoms with Crippen LogP contribution >= 0.6 is 22.6 Å².